The third-order valence-corrected chi connectivity index (χ3v) is 6.63. The minimum absolute atomic E-state index is 0.0129. The molecule has 2 aromatic rings. The summed E-state index contributed by atoms with van der Waals surface area (Å²) in [4.78, 5) is 24.3. The second-order valence-corrected chi connectivity index (χ2v) is 9.73. The molecule has 0 unspecified atom stereocenters. The lowest BCUT2D eigenvalue weighted by atomic mass is 9.92. The summed E-state index contributed by atoms with van der Waals surface area (Å²) in [6.07, 6.45) is 2.78. The number of aromatic nitrogens is 1. The first kappa shape index (κ1) is 21.4. The number of rotatable bonds is 6. The molecule has 0 bridgehead atoms. The number of fused-ring (bicyclic) bond motifs is 1. The summed E-state index contributed by atoms with van der Waals surface area (Å²) in [7, 11) is -3.21. The number of nitrogens with zero attached hydrogens (tertiary/aromatic N) is 1. The van der Waals surface area contributed by atoms with Crippen molar-refractivity contribution in [2.45, 2.75) is 64.6 Å². The smallest absolute Gasteiger partial charge is 0.408 e. The molecule has 1 aromatic carbocycles. The van der Waals surface area contributed by atoms with E-state index in [9.17, 15) is 18.0 Å². The normalized spacial score (nSPS) is 20.1. The number of anilines is 1. The van der Waals surface area contributed by atoms with Crippen LogP contribution < -0.4 is 21.1 Å². The highest BCUT2D eigenvalue weighted by atomic mass is 32.2. The Bertz CT molecular complexity index is 1030. The van der Waals surface area contributed by atoms with Gasteiger partial charge in [-0.1, -0.05) is 0 Å². The Kier molecular flexibility index (Phi) is 6.33. The zero-order valence-corrected chi connectivity index (χ0v) is 17.7. The molecule has 9 nitrogen and oxygen atoms in total. The quantitative estimate of drug-likeness (QED) is 0.658. The molecule has 0 saturated heterocycles. The molecule has 1 aliphatic carbocycles. The van der Waals surface area contributed by atoms with Gasteiger partial charge in [0.05, 0.1) is 11.3 Å². The van der Waals surface area contributed by atoms with Crippen LogP contribution in [0.25, 0.3) is 11.1 Å². The largest absolute Gasteiger partial charge is 0.420 e. The standard InChI is InChI=1S/C19H28N4O5S/c1-4-29(26,27)22-14-7-5-13(6-8-14)20-18(24)21-15-9-10-16-17(11-15)28-19(25)23(16)12(2)3/h9-14,22H,4-8H2,1-3H3,(H2,20,21,24)/t13-,14-. The second-order valence-electron chi connectivity index (χ2n) is 7.68. The van der Waals surface area contributed by atoms with E-state index in [1.165, 1.54) is 0 Å². The maximum atomic E-state index is 12.3. The molecule has 3 N–H and O–H groups in total. The molecule has 10 heteroatoms. The number of carbonyl (C=O) groups is 1. The van der Waals surface area contributed by atoms with E-state index in [4.69, 9.17) is 4.42 Å². The van der Waals surface area contributed by atoms with Crippen molar-refractivity contribution in [2.24, 2.45) is 0 Å². The van der Waals surface area contributed by atoms with Crippen LogP contribution in [0.1, 0.15) is 52.5 Å². The van der Waals surface area contributed by atoms with E-state index in [0.29, 0.717) is 42.5 Å². The Hall–Kier alpha value is -2.33. The molecule has 1 saturated carbocycles. The fourth-order valence-corrected chi connectivity index (χ4v) is 4.56. The van der Waals surface area contributed by atoms with Crippen molar-refractivity contribution in [3.63, 3.8) is 0 Å². The van der Waals surface area contributed by atoms with Gasteiger partial charge in [-0.25, -0.2) is 22.7 Å². The first-order chi connectivity index (χ1) is 13.7. The highest BCUT2D eigenvalue weighted by molar-refractivity contribution is 7.89. The number of oxazole rings is 1. The molecule has 0 spiro atoms. The van der Waals surface area contributed by atoms with Crippen LogP contribution in [0.15, 0.2) is 27.4 Å². The molecule has 0 aliphatic heterocycles. The van der Waals surface area contributed by atoms with Crippen LogP contribution in [-0.2, 0) is 10.0 Å². The Labute approximate surface area is 169 Å². The predicted octanol–water partition coefficient (Wildman–Crippen LogP) is 2.55. The minimum atomic E-state index is -3.21. The number of carbonyl (C=O) groups excluding carboxylic acids is 1. The number of benzene rings is 1. The maximum Gasteiger partial charge on any atom is 0.420 e. The Morgan fingerprint density at radius 1 is 1.21 bits per heavy atom. The van der Waals surface area contributed by atoms with Gasteiger partial charge in [0.2, 0.25) is 10.0 Å². The third-order valence-electron chi connectivity index (χ3n) is 5.18. The third kappa shape index (κ3) is 5.18. The average Bonchev–Trinajstić information content (AvgIpc) is 2.98. The maximum absolute atomic E-state index is 12.3. The van der Waals surface area contributed by atoms with E-state index in [0.717, 1.165) is 0 Å². The van der Waals surface area contributed by atoms with Crippen molar-refractivity contribution in [1.29, 1.82) is 0 Å². The summed E-state index contributed by atoms with van der Waals surface area (Å²) in [5.41, 5.74) is 1.64. The summed E-state index contributed by atoms with van der Waals surface area (Å²) in [6, 6.07) is 4.66. The van der Waals surface area contributed by atoms with E-state index < -0.39 is 15.8 Å². The fraction of sp³-hybridized carbons (Fsp3) is 0.579. The van der Waals surface area contributed by atoms with Gasteiger partial charge in [0.1, 0.15) is 0 Å². The van der Waals surface area contributed by atoms with Crippen molar-refractivity contribution >= 4 is 32.8 Å². The molecule has 0 radical (unpaired) electrons. The predicted molar refractivity (Wildman–Crippen MR) is 112 cm³/mol. The number of sulfonamides is 1. The van der Waals surface area contributed by atoms with Crippen molar-refractivity contribution in [2.75, 3.05) is 11.1 Å². The van der Waals surface area contributed by atoms with E-state index in [1.807, 2.05) is 13.8 Å². The van der Waals surface area contributed by atoms with Gasteiger partial charge in [0.15, 0.2) is 5.58 Å². The van der Waals surface area contributed by atoms with Crippen LogP contribution in [0.5, 0.6) is 0 Å². The zero-order chi connectivity index (χ0) is 21.2. The van der Waals surface area contributed by atoms with Crippen molar-refractivity contribution in [3.8, 4) is 0 Å². The number of amides is 2. The molecule has 0 atom stereocenters. The number of hydrogen-bond acceptors (Lipinski definition) is 5. The number of urea groups is 1. The zero-order valence-electron chi connectivity index (χ0n) is 16.9. The van der Waals surface area contributed by atoms with Gasteiger partial charge >= 0.3 is 11.8 Å². The SMILES string of the molecule is CCS(=O)(=O)N[C@H]1CC[C@H](NC(=O)Nc2ccc3c(c2)oc(=O)n3C(C)C)CC1. The van der Waals surface area contributed by atoms with E-state index >= 15 is 0 Å². The fourth-order valence-electron chi connectivity index (χ4n) is 3.65. The van der Waals surface area contributed by atoms with Crippen LogP contribution in [0.3, 0.4) is 0 Å². The molecule has 29 heavy (non-hydrogen) atoms. The first-order valence-electron chi connectivity index (χ1n) is 9.91. The molecule has 1 fully saturated rings. The number of nitrogens with one attached hydrogen (secondary N) is 3. The van der Waals surface area contributed by atoms with Gasteiger partial charge in [-0.3, -0.25) is 4.57 Å². The Morgan fingerprint density at radius 3 is 2.48 bits per heavy atom. The molecule has 1 heterocycles. The average molecular weight is 425 g/mol. The van der Waals surface area contributed by atoms with Gasteiger partial charge in [-0.15, -0.1) is 0 Å². The topological polar surface area (TPSA) is 122 Å². The molecule has 160 valence electrons. The van der Waals surface area contributed by atoms with Crippen LogP contribution in [0.4, 0.5) is 10.5 Å². The van der Waals surface area contributed by atoms with Crippen molar-refractivity contribution < 1.29 is 17.6 Å². The first-order valence-corrected chi connectivity index (χ1v) is 11.6. The highest BCUT2D eigenvalue weighted by Crippen LogP contribution is 2.22. The molecular weight excluding hydrogens is 396 g/mol. The van der Waals surface area contributed by atoms with Crippen LogP contribution in [0.2, 0.25) is 0 Å². The Balaban J connectivity index is 1.56. The Morgan fingerprint density at radius 2 is 1.86 bits per heavy atom. The lowest BCUT2D eigenvalue weighted by molar-refractivity contribution is 0.242. The van der Waals surface area contributed by atoms with Crippen LogP contribution in [0, 0.1) is 0 Å². The van der Waals surface area contributed by atoms with E-state index in [-0.39, 0.29) is 29.9 Å². The molecule has 3 rings (SSSR count). The summed E-state index contributed by atoms with van der Waals surface area (Å²) in [5, 5.41) is 5.69. The van der Waals surface area contributed by atoms with Gasteiger partial charge in [-0.2, -0.15) is 0 Å². The van der Waals surface area contributed by atoms with Crippen molar-refractivity contribution in [1.82, 2.24) is 14.6 Å². The van der Waals surface area contributed by atoms with Crippen LogP contribution >= 0.6 is 0 Å². The van der Waals surface area contributed by atoms with Gasteiger partial charge in [0, 0.05) is 29.9 Å². The minimum Gasteiger partial charge on any atom is -0.408 e. The number of hydrogen-bond donors (Lipinski definition) is 3. The van der Waals surface area contributed by atoms with E-state index in [2.05, 4.69) is 15.4 Å². The molecule has 1 aliphatic rings. The molecule has 2 amide bonds. The summed E-state index contributed by atoms with van der Waals surface area (Å²) < 4.78 is 32.9. The van der Waals surface area contributed by atoms with E-state index in [1.54, 1.807) is 29.7 Å². The summed E-state index contributed by atoms with van der Waals surface area (Å²) in [6.45, 7) is 5.41. The summed E-state index contributed by atoms with van der Waals surface area (Å²) >= 11 is 0. The second kappa shape index (κ2) is 8.58. The lowest BCUT2D eigenvalue weighted by Gasteiger charge is -2.29. The lowest BCUT2D eigenvalue weighted by Crippen LogP contribution is -2.45. The van der Waals surface area contributed by atoms with Gasteiger partial charge in [0.25, 0.3) is 0 Å². The van der Waals surface area contributed by atoms with Gasteiger partial charge in [-0.05, 0) is 58.6 Å². The summed E-state index contributed by atoms with van der Waals surface area (Å²) in [5.74, 6) is -0.356. The monoisotopic (exact) mass is 424 g/mol. The highest BCUT2D eigenvalue weighted by Gasteiger charge is 2.25. The van der Waals surface area contributed by atoms with Gasteiger partial charge < -0.3 is 15.1 Å². The van der Waals surface area contributed by atoms with Crippen LogP contribution in [-0.4, -0.2) is 36.9 Å². The van der Waals surface area contributed by atoms with Crippen molar-refractivity contribution in [3.05, 3.63) is 28.7 Å². The molecular formula is C19H28N4O5S. The molecule has 1 aromatic heterocycles.